The van der Waals surface area contributed by atoms with Crippen LogP contribution in [-0.4, -0.2) is 20.9 Å². The molecule has 0 aliphatic carbocycles. The fourth-order valence-corrected chi connectivity index (χ4v) is 4.96. The van der Waals surface area contributed by atoms with Crippen LogP contribution in [0.5, 0.6) is 5.75 Å². The maximum absolute atomic E-state index is 11.3. The monoisotopic (exact) mass is 583 g/mol. The summed E-state index contributed by atoms with van der Waals surface area (Å²) in [6.45, 7) is 0. The van der Waals surface area contributed by atoms with Crippen LogP contribution in [-0.2, 0) is 5.75 Å². The summed E-state index contributed by atoms with van der Waals surface area (Å²) >= 11 is 3.81. The Kier molecular flexibility index (Phi) is 6.70. The highest BCUT2D eigenvalue weighted by Gasteiger charge is 2.22. The Morgan fingerprint density at radius 2 is 1.85 bits per heavy atom. The minimum atomic E-state index is -0.955. The summed E-state index contributed by atoms with van der Waals surface area (Å²) in [5, 5.41) is 12.3. The van der Waals surface area contributed by atoms with Crippen molar-refractivity contribution in [3.63, 3.8) is 0 Å². The number of para-hydroxylation sites is 2. The van der Waals surface area contributed by atoms with Crippen LogP contribution in [0.25, 0.3) is 22.6 Å². The Hall–Kier alpha value is -3.08. The number of furan rings is 1. The van der Waals surface area contributed by atoms with Crippen LogP contribution in [0.15, 0.2) is 88.3 Å². The third-order valence-electron chi connectivity index (χ3n) is 5.36. The molecule has 34 heavy (non-hydrogen) atoms. The molecular weight excluding hydrogens is 563 g/mol. The van der Waals surface area contributed by atoms with Crippen molar-refractivity contribution in [1.82, 2.24) is 0 Å². The number of aliphatic imine (C=N–C) groups is 1. The lowest BCUT2D eigenvalue weighted by atomic mass is 10.1. The highest BCUT2D eigenvalue weighted by Crippen LogP contribution is 2.36. The summed E-state index contributed by atoms with van der Waals surface area (Å²) < 4.78 is 12.5. The molecule has 0 fully saturated rings. The van der Waals surface area contributed by atoms with E-state index in [1.54, 1.807) is 36.0 Å². The summed E-state index contributed by atoms with van der Waals surface area (Å²) in [5.74, 6) is 1.93. The van der Waals surface area contributed by atoms with Crippen molar-refractivity contribution in [2.75, 3.05) is 4.61 Å². The van der Waals surface area contributed by atoms with Crippen molar-refractivity contribution in [2.45, 2.75) is 5.75 Å². The number of aromatic carboxylic acids is 1. The third kappa shape index (κ3) is 4.89. The van der Waals surface area contributed by atoms with E-state index < -0.39 is 5.97 Å². The number of rotatable bonds is 7. The molecule has 0 bridgehead atoms. The Balaban J connectivity index is 1.46. The Bertz CT molecular complexity index is 1380. The number of halogens is 1. The maximum Gasteiger partial charge on any atom is 0.335 e. The van der Waals surface area contributed by atoms with Gasteiger partial charge < -0.3 is 14.3 Å². The summed E-state index contributed by atoms with van der Waals surface area (Å²) in [6.07, 6.45) is 0. The minimum Gasteiger partial charge on any atom is -0.483 e. The number of amidine groups is 1. The van der Waals surface area contributed by atoms with Crippen LogP contribution in [0.3, 0.4) is 0 Å². The molecule has 0 atom stereocenters. The molecule has 4 aromatic rings. The molecule has 1 aliphatic rings. The van der Waals surface area contributed by atoms with Gasteiger partial charge in [-0.25, -0.2) is 4.79 Å². The van der Waals surface area contributed by atoms with Crippen molar-refractivity contribution in [3.8, 4) is 28.4 Å². The molecule has 0 saturated carbocycles. The van der Waals surface area contributed by atoms with E-state index in [0.717, 1.165) is 50.5 Å². The fraction of sp³-hybridized carbons (Fsp3) is 0.0769. The minimum absolute atomic E-state index is 0.239. The molecule has 5 rings (SSSR count). The first-order chi connectivity index (χ1) is 16.6. The predicted octanol–water partition coefficient (Wildman–Crippen LogP) is 6.21. The lowest BCUT2D eigenvalue weighted by Gasteiger charge is -2.04. The van der Waals surface area contributed by atoms with E-state index in [-0.39, 0.29) is 5.56 Å². The second-order valence-electron chi connectivity index (χ2n) is 7.57. The number of carboxylic acids is 1. The van der Waals surface area contributed by atoms with Crippen LogP contribution in [0, 0.1) is 0 Å². The normalized spacial score (nSPS) is 12.3. The summed E-state index contributed by atoms with van der Waals surface area (Å²) in [6, 6.07) is 24.7. The molecule has 1 aromatic heterocycles. The van der Waals surface area contributed by atoms with Crippen molar-refractivity contribution >= 4 is 56.9 Å². The van der Waals surface area contributed by atoms with Crippen LogP contribution in [0.4, 0.5) is 11.4 Å². The van der Waals surface area contributed by atoms with E-state index in [2.05, 4.69) is 34.0 Å². The SMILES string of the molecule is O=C(O)c1ccc(-c2oc(-c3cccc(OCI)c3)cc2CSC2=Nc3ccccc3[NH2+]2)cc1. The molecule has 6 nitrogen and oxygen atoms in total. The Morgan fingerprint density at radius 1 is 1.03 bits per heavy atom. The standard InChI is InChI=1S/C26H19IN2O4S/c27-15-32-20-5-3-4-18(12-20)23-13-19(14-34-26-28-21-6-1-2-7-22(21)29-26)24(33-23)16-8-10-17(11-9-16)25(30)31/h1-13H,14-15H2,(H,28,29)(H,30,31)/p+1. The number of nitrogens with zero attached hydrogens (tertiary/aromatic N) is 1. The summed E-state index contributed by atoms with van der Waals surface area (Å²) in [7, 11) is 0. The Morgan fingerprint density at radius 3 is 2.62 bits per heavy atom. The number of hydrogen-bond donors (Lipinski definition) is 2. The lowest BCUT2D eigenvalue weighted by molar-refractivity contribution is -0.432. The average Bonchev–Trinajstić information content (AvgIpc) is 3.47. The number of hydrogen-bond acceptors (Lipinski definition) is 5. The van der Waals surface area contributed by atoms with Crippen molar-refractivity contribution in [3.05, 3.63) is 90.0 Å². The average molecular weight is 583 g/mol. The smallest absolute Gasteiger partial charge is 0.335 e. The predicted molar refractivity (Wildman–Crippen MR) is 142 cm³/mol. The number of quaternary nitrogens is 1. The van der Waals surface area contributed by atoms with Crippen molar-refractivity contribution in [1.29, 1.82) is 0 Å². The zero-order valence-electron chi connectivity index (χ0n) is 17.9. The number of benzene rings is 3. The van der Waals surface area contributed by atoms with Crippen molar-refractivity contribution in [2.24, 2.45) is 4.99 Å². The number of nitrogens with two attached hydrogens (primary N) is 1. The molecule has 2 heterocycles. The largest absolute Gasteiger partial charge is 0.483 e. The van der Waals surface area contributed by atoms with Gasteiger partial charge in [-0.2, -0.15) is 4.99 Å². The van der Waals surface area contributed by atoms with Gasteiger partial charge in [0.15, 0.2) is 5.69 Å². The molecular formula is C26H20IN2O4S+. The topological polar surface area (TPSA) is 88.6 Å². The first-order valence-corrected chi connectivity index (χ1v) is 13.0. The zero-order chi connectivity index (χ0) is 23.5. The Labute approximate surface area is 214 Å². The van der Waals surface area contributed by atoms with Gasteiger partial charge in [0, 0.05) is 28.5 Å². The van der Waals surface area contributed by atoms with Gasteiger partial charge in [0.05, 0.1) is 5.56 Å². The molecule has 170 valence electrons. The first-order valence-electron chi connectivity index (χ1n) is 10.5. The molecule has 1 aliphatic heterocycles. The van der Waals surface area contributed by atoms with E-state index in [1.807, 2.05) is 48.5 Å². The second kappa shape index (κ2) is 10.0. The summed E-state index contributed by atoms with van der Waals surface area (Å²) in [5.41, 5.74) is 5.09. The number of ether oxygens (including phenoxy) is 1. The van der Waals surface area contributed by atoms with Gasteiger partial charge in [0.1, 0.15) is 27.6 Å². The van der Waals surface area contributed by atoms with Crippen LogP contribution >= 0.6 is 34.4 Å². The maximum atomic E-state index is 11.3. The van der Waals surface area contributed by atoms with E-state index in [4.69, 9.17) is 14.1 Å². The quantitative estimate of drug-likeness (QED) is 0.153. The lowest BCUT2D eigenvalue weighted by Crippen LogP contribution is -2.79. The zero-order valence-corrected chi connectivity index (χ0v) is 20.9. The number of carbonyl (C=O) groups is 1. The molecule has 3 aromatic carbocycles. The van der Waals surface area contributed by atoms with Gasteiger partial charge in [-0.15, -0.1) is 0 Å². The van der Waals surface area contributed by atoms with E-state index in [9.17, 15) is 9.90 Å². The van der Waals surface area contributed by atoms with E-state index in [0.29, 0.717) is 10.4 Å². The van der Waals surface area contributed by atoms with Gasteiger partial charge >= 0.3 is 5.97 Å². The van der Waals surface area contributed by atoms with Crippen LogP contribution in [0.1, 0.15) is 15.9 Å². The first kappa shape index (κ1) is 22.7. The van der Waals surface area contributed by atoms with Crippen LogP contribution in [0.2, 0.25) is 0 Å². The summed E-state index contributed by atoms with van der Waals surface area (Å²) in [4.78, 5) is 16.0. The van der Waals surface area contributed by atoms with E-state index >= 15 is 0 Å². The molecule has 0 saturated heterocycles. The highest BCUT2D eigenvalue weighted by molar-refractivity contribution is 14.1. The van der Waals surface area contributed by atoms with Gasteiger partial charge in [-0.3, -0.25) is 5.32 Å². The third-order valence-corrected chi connectivity index (χ3v) is 6.64. The van der Waals surface area contributed by atoms with Gasteiger partial charge in [0.2, 0.25) is 0 Å². The van der Waals surface area contributed by atoms with Gasteiger partial charge in [0.25, 0.3) is 5.17 Å². The number of fused-ring (bicyclic) bond motifs is 1. The molecule has 0 radical (unpaired) electrons. The number of thioether (sulfide) groups is 1. The second-order valence-corrected chi connectivity index (χ2v) is 9.19. The highest BCUT2D eigenvalue weighted by atomic mass is 127. The molecule has 3 N–H and O–H groups in total. The van der Waals surface area contributed by atoms with Crippen LogP contribution < -0.4 is 10.1 Å². The van der Waals surface area contributed by atoms with Crippen molar-refractivity contribution < 1.29 is 24.4 Å². The van der Waals surface area contributed by atoms with Gasteiger partial charge in [-0.05, 0) is 70.8 Å². The molecule has 0 spiro atoms. The number of carboxylic acid groups (broad SMARTS) is 1. The molecule has 0 unspecified atom stereocenters. The molecule has 8 heteroatoms. The van der Waals surface area contributed by atoms with E-state index in [1.165, 1.54) is 0 Å². The number of alkyl halides is 1. The molecule has 0 amide bonds. The van der Waals surface area contributed by atoms with Gasteiger partial charge in [-0.1, -0.05) is 36.4 Å². The fourth-order valence-electron chi connectivity index (χ4n) is 3.71.